The predicted molar refractivity (Wildman–Crippen MR) is 57.8 cm³/mol. The SMILES string of the molecule is CNCC(=O)NCc1csc(Br)c1. The molecule has 3 nitrogen and oxygen atoms in total. The molecule has 0 aromatic carbocycles. The summed E-state index contributed by atoms with van der Waals surface area (Å²) < 4.78 is 1.09. The van der Waals surface area contributed by atoms with Crippen molar-refractivity contribution in [3.63, 3.8) is 0 Å². The fraction of sp³-hybridized carbons (Fsp3) is 0.375. The first-order valence-electron chi connectivity index (χ1n) is 3.86. The van der Waals surface area contributed by atoms with E-state index in [9.17, 15) is 4.79 Å². The van der Waals surface area contributed by atoms with Crippen LogP contribution in [-0.4, -0.2) is 19.5 Å². The van der Waals surface area contributed by atoms with Crippen molar-refractivity contribution in [2.24, 2.45) is 0 Å². The van der Waals surface area contributed by atoms with Crippen molar-refractivity contribution in [2.45, 2.75) is 6.54 Å². The first kappa shape index (κ1) is 10.7. The van der Waals surface area contributed by atoms with Gasteiger partial charge in [-0.05, 0) is 40.0 Å². The molecule has 0 fully saturated rings. The molecule has 0 aliphatic rings. The molecule has 0 atom stereocenters. The summed E-state index contributed by atoms with van der Waals surface area (Å²) in [5, 5.41) is 7.61. The minimum absolute atomic E-state index is 0.0184. The first-order valence-corrected chi connectivity index (χ1v) is 5.54. The van der Waals surface area contributed by atoms with Crippen LogP contribution < -0.4 is 10.6 Å². The molecule has 0 unspecified atom stereocenters. The van der Waals surface area contributed by atoms with Crippen LogP contribution in [0.1, 0.15) is 5.56 Å². The second-order valence-electron chi connectivity index (χ2n) is 2.57. The van der Waals surface area contributed by atoms with E-state index in [1.54, 1.807) is 18.4 Å². The van der Waals surface area contributed by atoms with E-state index in [1.165, 1.54) is 0 Å². The molecule has 1 amide bonds. The van der Waals surface area contributed by atoms with E-state index in [-0.39, 0.29) is 5.91 Å². The summed E-state index contributed by atoms with van der Waals surface area (Å²) in [6, 6.07) is 2.00. The Kier molecular flexibility index (Phi) is 4.41. The molecule has 1 rings (SSSR count). The highest BCUT2D eigenvalue weighted by Gasteiger charge is 2.00. The van der Waals surface area contributed by atoms with E-state index < -0.39 is 0 Å². The Morgan fingerprint density at radius 2 is 2.46 bits per heavy atom. The van der Waals surface area contributed by atoms with Gasteiger partial charge in [-0.3, -0.25) is 4.79 Å². The zero-order valence-electron chi connectivity index (χ0n) is 7.26. The lowest BCUT2D eigenvalue weighted by atomic mass is 10.3. The fourth-order valence-electron chi connectivity index (χ4n) is 0.862. The van der Waals surface area contributed by atoms with Crippen LogP contribution in [0.15, 0.2) is 15.2 Å². The highest BCUT2D eigenvalue weighted by atomic mass is 79.9. The molecule has 2 N–H and O–H groups in total. The first-order chi connectivity index (χ1) is 6.22. The van der Waals surface area contributed by atoms with Crippen LogP contribution in [0.5, 0.6) is 0 Å². The quantitative estimate of drug-likeness (QED) is 0.860. The largest absolute Gasteiger partial charge is 0.351 e. The molecular formula is C8H11BrN2OS. The van der Waals surface area contributed by atoms with Crippen molar-refractivity contribution in [2.75, 3.05) is 13.6 Å². The molecule has 13 heavy (non-hydrogen) atoms. The van der Waals surface area contributed by atoms with E-state index in [4.69, 9.17) is 0 Å². The molecule has 0 spiro atoms. The zero-order chi connectivity index (χ0) is 9.68. The van der Waals surface area contributed by atoms with E-state index >= 15 is 0 Å². The number of amides is 1. The van der Waals surface area contributed by atoms with Crippen molar-refractivity contribution < 1.29 is 4.79 Å². The molecule has 0 aliphatic carbocycles. The zero-order valence-corrected chi connectivity index (χ0v) is 9.67. The van der Waals surface area contributed by atoms with E-state index in [2.05, 4.69) is 26.6 Å². The van der Waals surface area contributed by atoms with Crippen molar-refractivity contribution in [3.05, 3.63) is 20.8 Å². The number of likely N-dealkylation sites (N-methyl/N-ethyl adjacent to an activating group) is 1. The second-order valence-corrected chi connectivity index (χ2v) is 4.86. The van der Waals surface area contributed by atoms with Gasteiger partial charge in [0.05, 0.1) is 10.3 Å². The minimum atomic E-state index is 0.0184. The van der Waals surface area contributed by atoms with E-state index in [0.29, 0.717) is 13.1 Å². The molecule has 1 aromatic heterocycles. The van der Waals surface area contributed by atoms with Crippen LogP contribution in [-0.2, 0) is 11.3 Å². The van der Waals surface area contributed by atoms with Crippen molar-refractivity contribution >= 4 is 33.2 Å². The van der Waals surface area contributed by atoms with Crippen LogP contribution in [0.3, 0.4) is 0 Å². The number of thiophene rings is 1. The van der Waals surface area contributed by atoms with Crippen LogP contribution in [0.25, 0.3) is 0 Å². The Morgan fingerprint density at radius 1 is 1.69 bits per heavy atom. The lowest BCUT2D eigenvalue weighted by Gasteiger charge is -2.01. The Morgan fingerprint density at radius 3 is 3.00 bits per heavy atom. The monoisotopic (exact) mass is 262 g/mol. The van der Waals surface area contributed by atoms with Gasteiger partial charge < -0.3 is 10.6 Å². The Labute approximate surface area is 89.7 Å². The molecule has 1 heterocycles. The van der Waals surface area contributed by atoms with Crippen LogP contribution in [0.4, 0.5) is 0 Å². The highest BCUT2D eigenvalue weighted by Crippen LogP contribution is 2.20. The lowest BCUT2D eigenvalue weighted by molar-refractivity contribution is -0.120. The van der Waals surface area contributed by atoms with Gasteiger partial charge in [0.15, 0.2) is 0 Å². The van der Waals surface area contributed by atoms with Gasteiger partial charge in [-0.1, -0.05) is 0 Å². The maximum absolute atomic E-state index is 11.0. The highest BCUT2D eigenvalue weighted by molar-refractivity contribution is 9.11. The summed E-state index contributed by atoms with van der Waals surface area (Å²) in [6.07, 6.45) is 0. The number of nitrogens with one attached hydrogen (secondary N) is 2. The Bertz CT molecular complexity index is 287. The number of rotatable bonds is 4. The summed E-state index contributed by atoms with van der Waals surface area (Å²) in [4.78, 5) is 11.0. The molecule has 5 heteroatoms. The van der Waals surface area contributed by atoms with Gasteiger partial charge >= 0.3 is 0 Å². The molecule has 0 saturated carbocycles. The normalized spacial score (nSPS) is 10.0. The molecule has 1 aromatic rings. The van der Waals surface area contributed by atoms with Gasteiger partial charge in [-0.25, -0.2) is 0 Å². The lowest BCUT2D eigenvalue weighted by Crippen LogP contribution is -2.31. The number of hydrogen-bond donors (Lipinski definition) is 2. The second kappa shape index (κ2) is 5.36. The van der Waals surface area contributed by atoms with Crippen molar-refractivity contribution in [1.82, 2.24) is 10.6 Å². The van der Waals surface area contributed by atoms with Gasteiger partial charge in [0.25, 0.3) is 0 Å². The number of carbonyl (C=O) groups excluding carboxylic acids is 1. The maximum atomic E-state index is 11.0. The smallest absolute Gasteiger partial charge is 0.234 e. The third-order valence-electron chi connectivity index (χ3n) is 1.45. The van der Waals surface area contributed by atoms with Crippen LogP contribution in [0.2, 0.25) is 0 Å². The molecule has 0 radical (unpaired) electrons. The minimum Gasteiger partial charge on any atom is -0.351 e. The van der Waals surface area contributed by atoms with Gasteiger partial charge in [0.2, 0.25) is 5.91 Å². The summed E-state index contributed by atoms with van der Waals surface area (Å²) in [7, 11) is 1.75. The topological polar surface area (TPSA) is 41.1 Å². The van der Waals surface area contributed by atoms with E-state index in [1.807, 2.05) is 11.4 Å². The standard InChI is InChI=1S/C8H11BrN2OS/c1-10-4-8(12)11-3-6-2-7(9)13-5-6/h2,5,10H,3-4H2,1H3,(H,11,12). The molecule has 72 valence electrons. The summed E-state index contributed by atoms with van der Waals surface area (Å²) in [6.45, 7) is 0.966. The summed E-state index contributed by atoms with van der Waals surface area (Å²) in [5.74, 6) is 0.0184. The summed E-state index contributed by atoms with van der Waals surface area (Å²) in [5.41, 5.74) is 1.13. The average molecular weight is 263 g/mol. The number of hydrogen-bond acceptors (Lipinski definition) is 3. The van der Waals surface area contributed by atoms with Gasteiger partial charge in [0, 0.05) is 6.54 Å². The molecule has 0 saturated heterocycles. The van der Waals surface area contributed by atoms with Crippen LogP contribution >= 0.6 is 27.3 Å². The molecule has 0 bridgehead atoms. The third kappa shape index (κ3) is 3.89. The maximum Gasteiger partial charge on any atom is 0.234 e. The summed E-state index contributed by atoms with van der Waals surface area (Å²) >= 11 is 4.98. The average Bonchev–Trinajstić information content (AvgIpc) is 2.49. The van der Waals surface area contributed by atoms with E-state index in [0.717, 1.165) is 9.35 Å². The Hall–Kier alpha value is -0.390. The molecule has 0 aliphatic heterocycles. The number of halogens is 1. The van der Waals surface area contributed by atoms with Gasteiger partial charge in [-0.2, -0.15) is 0 Å². The fourth-order valence-corrected chi connectivity index (χ4v) is 2.07. The van der Waals surface area contributed by atoms with Crippen LogP contribution in [0, 0.1) is 0 Å². The predicted octanol–water partition coefficient (Wildman–Crippen LogP) is 1.35. The molecular weight excluding hydrogens is 252 g/mol. The van der Waals surface area contributed by atoms with Gasteiger partial charge in [-0.15, -0.1) is 11.3 Å². The van der Waals surface area contributed by atoms with Crippen molar-refractivity contribution in [3.8, 4) is 0 Å². The third-order valence-corrected chi connectivity index (χ3v) is 3.00. The van der Waals surface area contributed by atoms with Crippen molar-refractivity contribution in [1.29, 1.82) is 0 Å². The van der Waals surface area contributed by atoms with Gasteiger partial charge in [0.1, 0.15) is 0 Å². The number of carbonyl (C=O) groups is 1. The Balaban J connectivity index is 2.30.